The molecule has 606 valence electrons. The normalized spacial score (nSPS) is 14.2. The molecule has 6 unspecified atom stereocenters. The fourth-order valence-electron chi connectivity index (χ4n) is 7.44. The van der Waals surface area contributed by atoms with Gasteiger partial charge in [-0.1, -0.05) is 46.7 Å². The molecule has 0 aliphatic carbocycles. The van der Waals surface area contributed by atoms with E-state index in [1.807, 2.05) is 0 Å². The number of esters is 6. The van der Waals surface area contributed by atoms with Crippen LogP contribution in [0.1, 0.15) is 200 Å². The Labute approximate surface area is 616 Å². The van der Waals surface area contributed by atoms with Crippen LogP contribution in [0.15, 0.2) is 76.3 Å². The van der Waals surface area contributed by atoms with E-state index in [4.69, 9.17) is 27.4 Å². The number of aliphatic hydroxyl groups is 1. The average Bonchev–Trinajstić information content (AvgIpc) is 1.74. The maximum atomic E-state index is 14.0. The van der Waals surface area contributed by atoms with Crippen molar-refractivity contribution in [3.05, 3.63) is 73.4 Å². The summed E-state index contributed by atoms with van der Waals surface area (Å²) in [4.78, 5) is 125. The molecule has 0 bridgehead atoms. The molecule has 105 heavy (non-hydrogen) atoms. The standard InChI is InChI=1S/C13H19FN2O4.C12H21FN2O2.C12H21FO4.C10H18FN3O2.C10H17FO3.C8H14O3.C7H12O3/c1-8(5-6-9(2)12(17)19-4)11(14)7-16-10(3)15-20-13(16)18;1-8(11(13)7-15-10(3)14)5-6-9(2)12(16)17-4;1-5-16-17-8-11(13)9(2)6-7-10(3)12(14)15-4;1-6(3-4-9(13)10(15)16)8(11)5-14-7(2)12;1-7(9(11)6-12)4-5-8(2)10(13)14-3;1-6(8(10)11-3)4-5-7(2)9;1-6(4-3-5-8)7(9)10-2/h9H,5-7H2,1-4H3;9H,5-7H2,1-4H3,(H2,14,15);10H,5-8H2,1-4H3;9H,3-5,13H2,1-2H3,(H2,12,14)(H,15,16);8,12H,4-6H2,1-3H3;6H,4-5H2,1-3H3;5-6H,3-4H2,1-2H3/t9-;;;;;;/m0....../s1. The van der Waals surface area contributed by atoms with Gasteiger partial charge in [-0.15, -0.1) is 0 Å². The summed E-state index contributed by atoms with van der Waals surface area (Å²) in [6.07, 6.45) is 7.40. The minimum absolute atomic E-state index is 0.0270. The predicted molar refractivity (Wildman–Crippen MR) is 388 cm³/mol. The number of aliphatic imine (C=N–C) groups is 2. The SMILES string of the molecule is CC(N)=NCC(F)=C(C)CCC(N)C(=O)O.CCOOCC(F)=C(C)CCC(C)C(=O)OC.COC(=O)C(C)CCC(C)=C(F)CN=C(C)N.COC(=O)C(C)CCC(C)=C(F)CO.COC(=O)C(C)CCC(C)=O.COC(=O)C(C)CCC=O.COC(=O)[C@@H](C)CCC(C)=C(F)Cn1c(C)noc1=O. The van der Waals surface area contributed by atoms with Gasteiger partial charge < -0.3 is 65.4 Å². The van der Waals surface area contributed by atoms with E-state index < -0.39 is 36.0 Å². The van der Waals surface area contributed by atoms with E-state index in [9.17, 15) is 69.9 Å². The van der Waals surface area contributed by atoms with Crippen LogP contribution >= 0.6 is 0 Å². The first-order valence-corrected chi connectivity index (χ1v) is 33.9. The molecule has 0 aliphatic heterocycles. The van der Waals surface area contributed by atoms with Crippen molar-refractivity contribution in [3.63, 3.8) is 0 Å². The number of allylic oxidation sites excluding steroid dienone is 6. The zero-order valence-electron chi connectivity index (χ0n) is 65.8. The van der Waals surface area contributed by atoms with Gasteiger partial charge in [-0.25, -0.2) is 36.5 Å². The monoisotopic (exact) mass is 1520 g/mol. The molecule has 1 aromatic rings. The summed E-state index contributed by atoms with van der Waals surface area (Å²) in [5.74, 6) is -5.55. The lowest BCUT2D eigenvalue weighted by molar-refractivity contribution is -0.286. The zero-order valence-corrected chi connectivity index (χ0v) is 65.8. The predicted octanol–water partition coefficient (Wildman–Crippen LogP) is 11.5. The van der Waals surface area contributed by atoms with Crippen molar-refractivity contribution in [1.29, 1.82) is 0 Å². The Hall–Kier alpha value is -8.30. The Morgan fingerprint density at radius 2 is 0.810 bits per heavy atom. The second-order valence-corrected chi connectivity index (χ2v) is 24.4. The molecule has 8 N–H and O–H groups in total. The minimum Gasteiger partial charge on any atom is -0.480 e. The van der Waals surface area contributed by atoms with Crippen LogP contribution in [-0.4, -0.2) is 167 Å². The summed E-state index contributed by atoms with van der Waals surface area (Å²) in [6, 6.07) is -0.956. The first-order chi connectivity index (χ1) is 48.9. The van der Waals surface area contributed by atoms with Gasteiger partial charge in [0.25, 0.3) is 0 Å². The summed E-state index contributed by atoms with van der Waals surface area (Å²) in [6.45, 7) is 26.0. The summed E-state index contributed by atoms with van der Waals surface area (Å²) < 4.78 is 99.8. The molecular formula is C72H122F5N7O21. The molecule has 0 amide bonds. The van der Waals surface area contributed by atoms with Crippen LogP contribution in [0.25, 0.3) is 0 Å². The summed E-state index contributed by atoms with van der Waals surface area (Å²) in [7, 11) is 8.05. The highest BCUT2D eigenvalue weighted by molar-refractivity contribution is 5.79. The third-order valence-corrected chi connectivity index (χ3v) is 15.2. The first kappa shape index (κ1) is 108. The molecule has 0 fully saturated rings. The quantitative estimate of drug-likeness (QED) is 0.00470. The molecular weight excluding hydrogens is 1390 g/mol. The number of aromatic nitrogens is 2. The van der Waals surface area contributed by atoms with E-state index in [0.29, 0.717) is 135 Å². The number of aliphatic carboxylic acids is 1. The molecule has 33 heteroatoms. The lowest BCUT2D eigenvalue weighted by Crippen LogP contribution is -2.29. The van der Waals surface area contributed by atoms with E-state index in [2.05, 4.69) is 57.9 Å². The van der Waals surface area contributed by atoms with Crippen LogP contribution in [0.3, 0.4) is 0 Å². The van der Waals surface area contributed by atoms with Crippen molar-refractivity contribution in [3.8, 4) is 0 Å². The van der Waals surface area contributed by atoms with Crippen LogP contribution in [0.2, 0.25) is 0 Å². The van der Waals surface area contributed by atoms with E-state index >= 15 is 0 Å². The number of carboxylic acid groups (broad SMARTS) is 1. The maximum Gasteiger partial charge on any atom is 0.441 e. The van der Waals surface area contributed by atoms with Crippen molar-refractivity contribution < 1.29 is 118 Å². The van der Waals surface area contributed by atoms with Crippen LogP contribution in [0.5, 0.6) is 0 Å². The lowest BCUT2D eigenvalue weighted by Gasteiger charge is -2.10. The number of hydrogen-bond acceptors (Lipinski definition) is 24. The first-order valence-electron chi connectivity index (χ1n) is 33.9. The van der Waals surface area contributed by atoms with Crippen molar-refractivity contribution in [2.75, 3.05) is 75.6 Å². The number of ether oxygens (including phenoxy) is 6. The van der Waals surface area contributed by atoms with E-state index in [1.165, 1.54) is 49.6 Å². The highest BCUT2D eigenvalue weighted by Crippen LogP contribution is 2.22. The van der Waals surface area contributed by atoms with Crippen molar-refractivity contribution >= 4 is 65.5 Å². The molecule has 0 radical (unpaired) electrons. The number of amidine groups is 2. The van der Waals surface area contributed by atoms with Crippen molar-refractivity contribution in [2.24, 2.45) is 62.7 Å². The number of rotatable bonds is 39. The zero-order chi connectivity index (χ0) is 82.7. The Morgan fingerprint density at radius 3 is 1.09 bits per heavy atom. The second-order valence-electron chi connectivity index (χ2n) is 24.4. The molecule has 28 nitrogen and oxygen atoms in total. The Bertz CT molecular complexity index is 3030. The maximum absolute atomic E-state index is 14.0. The molecule has 1 heterocycles. The van der Waals surface area contributed by atoms with Gasteiger partial charge in [0.15, 0.2) is 5.82 Å². The topological polar surface area (TPSA) is 419 Å². The number of carbonyl (C=O) groups is 9. The van der Waals surface area contributed by atoms with Gasteiger partial charge in [-0.3, -0.25) is 52.6 Å². The molecule has 0 spiro atoms. The number of aliphatic hydroxyl groups excluding tert-OH is 1. The number of nitrogens with two attached hydrogens (primary N) is 3. The Morgan fingerprint density at radius 1 is 0.505 bits per heavy atom. The number of methoxy groups -OCH3 is 6. The van der Waals surface area contributed by atoms with Crippen LogP contribution in [0, 0.1) is 42.4 Å². The summed E-state index contributed by atoms with van der Waals surface area (Å²) >= 11 is 0. The smallest absolute Gasteiger partial charge is 0.441 e. The average molecular weight is 1520 g/mol. The van der Waals surface area contributed by atoms with Gasteiger partial charge in [0, 0.05) is 12.8 Å². The number of carbonyl (C=O) groups excluding carboxylic acids is 8. The fourth-order valence-corrected chi connectivity index (χ4v) is 7.44. The van der Waals surface area contributed by atoms with Gasteiger partial charge in [0.2, 0.25) is 0 Å². The number of aryl methyl sites for hydroxylation is 1. The van der Waals surface area contributed by atoms with Crippen LogP contribution < -0.4 is 23.0 Å². The second kappa shape index (κ2) is 65.2. The number of nitrogens with zero attached hydrogens (tertiary/aromatic N) is 4. The molecule has 1 aromatic heterocycles. The number of hydrogen-bond donors (Lipinski definition) is 5. The van der Waals surface area contributed by atoms with Crippen LogP contribution in [-0.2, 0) is 87.9 Å². The number of carboxylic acids is 1. The van der Waals surface area contributed by atoms with Crippen LogP contribution in [0.4, 0.5) is 22.0 Å². The third kappa shape index (κ3) is 58.6. The number of aldehydes is 1. The van der Waals surface area contributed by atoms with Gasteiger partial charge in [-0.05, 0) is 174 Å². The number of ketones is 1. The molecule has 1 rings (SSSR count). The van der Waals surface area contributed by atoms with Gasteiger partial charge in [0.05, 0.1) is 123 Å². The lowest BCUT2D eigenvalue weighted by atomic mass is 10.0. The molecule has 0 aliphatic rings. The van der Waals surface area contributed by atoms with E-state index in [-0.39, 0.29) is 127 Å². The van der Waals surface area contributed by atoms with E-state index in [0.717, 1.165) is 10.9 Å². The van der Waals surface area contributed by atoms with Gasteiger partial charge >= 0.3 is 47.5 Å². The Balaban J connectivity index is -0.000000275. The molecule has 7 atom stereocenters. The summed E-state index contributed by atoms with van der Waals surface area (Å²) in [5, 5.41) is 20.5. The van der Waals surface area contributed by atoms with Gasteiger partial charge in [0.1, 0.15) is 53.9 Å². The highest BCUT2D eigenvalue weighted by Gasteiger charge is 2.20. The molecule has 0 saturated heterocycles. The fraction of sp³-hybridized carbons (Fsp3) is 0.681. The van der Waals surface area contributed by atoms with Crippen molar-refractivity contribution in [1.82, 2.24) is 9.72 Å². The number of halogens is 5. The Kier molecular flexibility index (Phi) is 66.9. The largest absolute Gasteiger partial charge is 0.480 e. The molecule has 0 aromatic carbocycles. The van der Waals surface area contributed by atoms with Gasteiger partial charge in [-0.2, -0.15) is 0 Å². The van der Waals surface area contributed by atoms with Crippen molar-refractivity contribution in [2.45, 2.75) is 213 Å². The third-order valence-electron chi connectivity index (χ3n) is 15.2. The highest BCUT2D eigenvalue weighted by atomic mass is 19.1. The molecule has 0 saturated carbocycles. The minimum atomic E-state index is -1.08. The number of Topliss-reactive ketones (excluding diaryl/α,β-unsaturated/α-hetero) is 1. The summed E-state index contributed by atoms with van der Waals surface area (Å²) in [5.41, 5.74) is 18.5. The van der Waals surface area contributed by atoms with E-state index in [1.54, 1.807) is 104 Å².